The van der Waals surface area contributed by atoms with E-state index >= 15 is 0 Å². The molecule has 0 saturated heterocycles. The third-order valence-corrected chi connectivity index (χ3v) is 2.97. The van der Waals surface area contributed by atoms with E-state index in [9.17, 15) is 9.59 Å². The highest BCUT2D eigenvalue weighted by atomic mass is 16.5. The molecular weight excluding hydrogens is 270 g/mol. The van der Waals surface area contributed by atoms with Crippen LogP contribution in [0.3, 0.4) is 0 Å². The molecule has 21 heavy (non-hydrogen) atoms. The number of aromatic nitrogens is 1. The van der Waals surface area contributed by atoms with E-state index in [1.807, 2.05) is 6.92 Å². The summed E-state index contributed by atoms with van der Waals surface area (Å²) >= 11 is 0. The van der Waals surface area contributed by atoms with Gasteiger partial charge in [-0.15, -0.1) is 0 Å². The summed E-state index contributed by atoms with van der Waals surface area (Å²) in [5, 5.41) is 0. The second-order valence-electron chi connectivity index (χ2n) is 4.46. The van der Waals surface area contributed by atoms with Crippen LogP contribution in [0, 0.1) is 0 Å². The van der Waals surface area contributed by atoms with E-state index < -0.39 is 5.97 Å². The maximum atomic E-state index is 11.9. The summed E-state index contributed by atoms with van der Waals surface area (Å²) in [6.45, 7) is 2.18. The van der Waals surface area contributed by atoms with Crippen LogP contribution in [0.5, 0.6) is 5.75 Å². The minimum Gasteiger partial charge on any atom is -0.494 e. The second-order valence-corrected chi connectivity index (χ2v) is 4.46. The molecule has 5 nitrogen and oxygen atoms in total. The normalized spacial score (nSPS) is 10.2. The van der Waals surface area contributed by atoms with E-state index in [0.29, 0.717) is 23.6 Å². The first-order valence-electron chi connectivity index (χ1n) is 6.66. The number of hydrogen-bond acceptors (Lipinski definition) is 4. The lowest BCUT2D eigenvalue weighted by molar-refractivity contribution is 0.0465. The molecule has 2 aromatic rings. The largest absolute Gasteiger partial charge is 0.494 e. The van der Waals surface area contributed by atoms with Crippen molar-refractivity contribution in [3.63, 3.8) is 0 Å². The van der Waals surface area contributed by atoms with E-state index in [2.05, 4.69) is 0 Å². The van der Waals surface area contributed by atoms with E-state index in [1.54, 1.807) is 54.2 Å². The fourth-order valence-corrected chi connectivity index (χ4v) is 1.87. The summed E-state index contributed by atoms with van der Waals surface area (Å²) in [5.41, 5.74) is 0.896. The zero-order valence-corrected chi connectivity index (χ0v) is 12.0. The van der Waals surface area contributed by atoms with E-state index in [4.69, 9.17) is 9.47 Å². The van der Waals surface area contributed by atoms with Crippen molar-refractivity contribution >= 4 is 11.8 Å². The van der Waals surface area contributed by atoms with Gasteiger partial charge in [0.15, 0.2) is 12.4 Å². The van der Waals surface area contributed by atoms with Gasteiger partial charge in [-0.1, -0.05) is 0 Å². The van der Waals surface area contributed by atoms with Crippen molar-refractivity contribution < 1.29 is 19.1 Å². The van der Waals surface area contributed by atoms with Gasteiger partial charge in [0.2, 0.25) is 0 Å². The Morgan fingerprint density at radius 1 is 1.14 bits per heavy atom. The number of carbonyl (C=O) groups is 2. The highest BCUT2D eigenvalue weighted by Crippen LogP contribution is 2.13. The van der Waals surface area contributed by atoms with Gasteiger partial charge >= 0.3 is 5.97 Å². The predicted molar refractivity (Wildman–Crippen MR) is 77.6 cm³/mol. The number of nitrogens with zero attached hydrogens (tertiary/aromatic N) is 1. The predicted octanol–water partition coefficient (Wildman–Crippen LogP) is 2.46. The minimum absolute atomic E-state index is 0.249. The summed E-state index contributed by atoms with van der Waals surface area (Å²) < 4.78 is 12.0. The van der Waals surface area contributed by atoms with Crippen molar-refractivity contribution in [2.24, 2.45) is 7.05 Å². The molecule has 0 aliphatic heterocycles. The molecule has 1 aromatic carbocycles. The summed E-state index contributed by atoms with van der Waals surface area (Å²) in [6, 6.07) is 10.1. The van der Waals surface area contributed by atoms with Crippen LogP contribution in [0.15, 0.2) is 42.6 Å². The van der Waals surface area contributed by atoms with Crippen LogP contribution in [0.1, 0.15) is 27.8 Å². The van der Waals surface area contributed by atoms with Crippen molar-refractivity contribution in [3.8, 4) is 5.75 Å². The molecular formula is C16H17NO4. The number of aryl methyl sites for hydroxylation is 1. The van der Waals surface area contributed by atoms with Crippen LogP contribution in [0.2, 0.25) is 0 Å². The molecule has 0 unspecified atom stereocenters. The molecule has 0 aliphatic carbocycles. The van der Waals surface area contributed by atoms with Crippen molar-refractivity contribution in [3.05, 3.63) is 53.9 Å². The van der Waals surface area contributed by atoms with Gasteiger partial charge in [-0.05, 0) is 43.3 Å². The monoisotopic (exact) mass is 287 g/mol. The summed E-state index contributed by atoms with van der Waals surface area (Å²) in [6.07, 6.45) is 1.74. The van der Waals surface area contributed by atoms with Crippen molar-refractivity contribution in [1.29, 1.82) is 0 Å². The van der Waals surface area contributed by atoms with Crippen LogP contribution in [-0.4, -0.2) is 29.5 Å². The molecule has 0 radical (unpaired) electrons. The SMILES string of the molecule is CCOc1ccc(C(=O)COC(=O)c2cccn2C)cc1. The lowest BCUT2D eigenvalue weighted by Crippen LogP contribution is -2.16. The molecule has 0 amide bonds. The third-order valence-electron chi connectivity index (χ3n) is 2.97. The van der Waals surface area contributed by atoms with Gasteiger partial charge in [0.25, 0.3) is 0 Å². The Morgan fingerprint density at radius 2 is 1.86 bits per heavy atom. The number of Topliss-reactive ketones (excluding diaryl/α,β-unsaturated/α-hetero) is 1. The zero-order valence-electron chi connectivity index (χ0n) is 12.0. The van der Waals surface area contributed by atoms with Crippen LogP contribution in [0.4, 0.5) is 0 Å². The Balaban J connectivity index is 1.92. The van der Waals surface area contributed by atoms with Gasteiger partial charge in [-0.3, -0.25) is 4.79 Å². The van der Waals surface area contributed by atoms with Gasteiger partial charge in [0.05, 0.1) is 6.61 Å². The maximum absolute atomic E-state index is 11.9. The third kappa shape index (κ3) is 3.72. The molecule has 0 saturated carbocycles. The highest BCUT2D eigenvalue weighted by molar-refractivity contribution is 5.99. The van der Waals surface area contributed by atoms with Crippen molar-refractivity contribution in [2.45, 2.75) is 6.92 Å². The zero-order chi connectivity index (χ0) is 15.2. The molecule has 0 fully saturated rings. The van der Waals surface area contributed by atoms with Gasteiger partial charge < -0.3 is 14.0 Å². The van der Waals surface area contributed by atoms with Crippen LogP contribution in [0.25, 0.3) is 0 Å². The Kier molecular flexibility index (Phi) is 4.77. The molecule has 0 aliphatic rings. The first-order chi connectivity index (χ1) is 10.1. The number of ketones is 1. The lowest BCUT2D eigenvalue weighted by atomic mass is 10.1. The minimum atomic E-state index is -0.512. The number of benzene rings is 1. The molecule has 0 atom stereocenters. The quantitative estimate of drug-likeness (QED) is 0.605. The molecule has 0 bridgehead atoms. The van der Waals surface area contributed by atoms with Crippen molar-refractivity contribution in [2.75, 3.05) is 13.2 Å². The molecule has 110 valence electrons. The van der Waals surface area contributed by atoms with Crippen LogP contribution >= 0.6 is 0 Å². The van der Waals surface area contributed by atoms with Gasteiger partial charge in [0, 0.05) is 18.8 Å². The van der Waals surface area contributed by atoms with E-state index in [1.165, 1.54) is 0 Å². The average molecular weight is 287 g/mol. The molecule has 1 heterocycles. The van der Waals surface area contributed by atoms with Gasteiger partial charge in [-0.25, -0.2) is 4.79 Å². The molecule has 1 aromatic heterocycles. The van der Waals surface area contributed by atoms with Gasteiger partial charge in [0.1, 0.15) is 11.4 Å². The summed E-state index contributed by atoms with van der Waals surface area (Å²) in [5.74, 6) is -0.0581. The lowest BCUT2D eigenvalue weighted by Gasteiger charge is -2.06. The molecule has 2 rings (SSSR count). The molecule has 5 heteroatoms. The number of ether oxygens (including phenoxy) is 2. The fraction of sp³-hybridized carbons (Fsp3) is 0.250. The topological polar surface area (TPSA) is 57.5 Å². The Bertz CT molecular complexity index is 628. The Labute approximate surface area is 123 Å². The fourth-order valence-electron chi connectivity index (χ4n) is 1.87. The summed E-state index contributed by atoms with van der Waals surface area (Å²) in [4.78, 5) is 23.7. The number of carbonyl (C=O) groups excluding carboxylic acids is 2. The number of esters is 1. The van der Waals surface area contributed by atoms with Gasteiger partial charge in [-0.2, -0.15) is 0 Å². The Hall–Kier alpha value is -2.56. The second kappa shape index (κ2) is 6.74. The first kappa shape index (κ1) is 14.8. The van der Waals surface area contributed by atoms with Crippen LogP contribution in [-0.2, 0) is 11.8 Å². The number of rotatable bonds is 6. The molecule has 0 spiro atoms. The molecule has 0 N–H and O–H groups in total. The maximum Gasteiger partial charge on any atom is 0.355 e. The smallest absolute Gasteiger partial charge is 0.355 e. The first-order valence-corrected chi connectivity index (χ1v) is 6.66. The van der Waals surface area contributed by atoms with E-state index in [0.717, 1.165) is 0 Å². The number of hydrogen-bond donors (Lipinski definition) is 0. The van der Waals surface area contributed by atoms with Crippen molar-refractivity contribution in [1.82, 2.24) is 4.57 Å². The summed E-state index contributed by atoms with van der Waals surface area (Å²) in [7, 11) is 1.74. The average Bonchev–Trinajstić information content (AvgIpc) is 2.92. The standard InChI is InChI=1S/C16H17NO4/c1-3-20-13-8-6-12(7-9-13)15(18)11-21-16(19)14-5-4-10-17(14)2/h4-10H,3,11H2,1-2H3. The van der Waals surface area contributed by atoms with Crippen LogP contribution < -0.4 is 4.74 Å². The Morgan fingerprint density at radius 3 is 2.43 bits per heavy atom. The highest BCUT2D eigenvalue weighted by Gasteiger charge is 2.13. The van der Waals surface area contributed by atoms with E-state index in [-0.39, 0.29) is 12.4 Å².